The van der Waals surface area contributed by atoms with Gasteiger partial charge in [0.15, 0.2) is 0 Å². The third kappa shape index (κ3) is 2.24. The summed E-state index contributed by atoms with van der Waals surface area (Å²) in [6.45, 7) is 6.94. The summed E-state index contributed by atoms with van der Waals surface area (Å²) < 4.78 is 17.3. The van der Waals surface area contributed by atoms with Gasteiger partial charge in [-0.1, -0.05) is 12.2 Å². The van der Waals surface area contributed by atoms with Gasteiger partial charge in [-0.25, -0.2) is 0 Å². The third-order valence-corrected chi connectivity index (χ3v) is 5.67. The van der Waals surface area contributed by atoms with E-state index in [1.165, 1.54) is 6.92 Å². The second kappa shape index (κ2) is 4.82. The Hall–Kier alpha value is -1.36. The van der Waals surface area contributed by atoms with Crippen LogP contribution in [0.15, 0.2) is 12.2 Å². The van der Waals surface area contributed by atoms with Crippen LogP contribution in [0.4, 0.5) is 0 Å². The number of allylic oxidation sites excluding steroid dienone is 2. The average Bonchev–Trinajstić information content (AvgIpc) is 3.13. The molecule has 0 amide bonds. The molecule has 5 heteroatoms. The molecule has 23 heavy (non-hydrogen) atoms. The van der Waals surface area contributed by atoms with Crippen LogP contribution in [0.2, 0.25) is 0 Å². The van der Waals surface area contributed by atoms with Crippen LogP contribution < -0.4 is 0 Å². The summed E-state index contributed by atoms with van der Waals surface area (Å²) in [5, 5.41) is 0. The zero-order valence-corrected chi connectivity index (χ0v) is 14.0. The number of hydrogen-bond donors (Lipinski definition) is 0. The quantitative estimate of drug-likeness (QED) is 0.576. The van der Waals surface area contributed by atoms with Crippen molar-refractivity contribution in [3.05, 3.63) is 12.2 Å². The SMILES string of the molecule is CC(=O)OC1C2OC(C1C(=O)OC(C)(C)C)C1C3C=CC(C3)C21. The molecule has 2 aliphatic carbocycles. The second-order valence-electron chi connectivity index (χ2n) is 8.30. The van der Waals surface area contributed by atoms with Crippen molar-refractivity contribution >= 4 is 11.9 Å². The molecular weight excluding hydrogens is 296 g/mol. The molecule has 1 saturated carbocycles. The van der Waals surface area contributed by atoms with Crippen LogP contribution in [-0.2, 0) is 23.8 Å². The first-order valence-electron chi connectivity index (χ1n) is 8.50. The van der Waals surface area contributed by atoms with E-state index >= 15 is 0 Å². The van der Waals surface area contributed by atoms with Gasteiger partial charge in [-0.2, -0.15) is 0 Å². The van der Waals surface area contributed by atoms with Crippen LogP contribution in [-0.4, -0.2) is 35.9 Å². The molecule has 0 spiro atoms. The summed E-state index contributed by atoms with van der Waals surface area (Å²) in [6, 6.07) is 0. The standard InChI is InChI=1S/C18H24O5/c1-8(19)21-16-13(17(20)23-18(2,3)4)14-11-9-5-6-10(7-9)12(11)15(16)22-14/h5-6,9-16H,7H2,1-4H3. The van der Waals surface area contributed by atoms with Crippen LogP contribution in [0.25, 0.3) is 0 Å². The maximum atomic E-state index is 12.7. The van der Waals surface area contributed by atoms with E-state index in [0.29, 0.717) is 23.7 Å². The Labute approximate surface area is 136 Å². The summed E-state index contributed by atoms with van der Waals surface area (Å²) in [5.41, 5.74) is -0.562. The van der Waals surface area contributed by atoms with E-state index in [2.05, 4.69) is 12.2 Å². The number of fused-ring (bicyclic) bond motifs is 9. The molecule has 4 aliphatic rings. The molecule has 8 atom stereocenters. The van der Waals surface area contributed by atoms with Gasteiger partial charge in [0.05, 0.1) is 12.2 Å². The molecule has 126 valence electrons. The molecule has 0 aromatic rings. The fraction of sp³-hybridized carbons (Fsp3) is 0.778. The van der Waals surface area contributed by atoms with Crippen molar-refractivity contribution in [1.29, 1.82) is 0 Å². The minimum absolute atomic E-state index is 0.175. The van der Waals surface area contributed by atoms with E-state index < -0.39 is 17.6 Å². The van der Waals surface area contributed by atoms with Crippen molar-refractivity contribution in [2.45, 2.75) is 58.0 Å². The van der Waals surface area contributed by atoms with Crippen LogP contribution in [0.1, 0.15) is 34.1 Å². The Morgan fingerprint density at radius 3 is 2.26 bits per heavy atom. The molecule has 4 rings (SSSR count). The molecule has 2 heterocycles. The highest BCUT2D eigenvalue weighted by Crippen LogP contribution is 2.62. The summed E-state index contributed by atoms with van der Waals surface area (Å²) in [7, 11) is 0. The molecular formula is C18H24O5. The van der Waals surface area contributed by atoms with Gasteiger partial charge in [0.1, 0.15) is 17.6 Å². The predicted octanol–water partition coefficient (Wildman–Crippen LogP) is 2.10. The molecule has 2 saturated heterocycles. The molecule has 0 aromatic carbocycles. The largest absolute Gasteiger partial charge is 0.460 e. The Morgan fingerprint density at radius 1 is 1.09 bits per heavy atom. The first-order valence-corrected chi connectivity index (χ1v) is 8.50. The van der Waals surface area contributed by atoms with Gasteiger partial charge in [-0.15, -0.1) is 0 Å². The molecule has 3 fully saturated rings. The van der Waals surface area contributed by atoms with Gasteiger partial charge in [0.2, 0.25) is 0 Å². The number of hydrogen-bond acceptors (Lipinski definition) is 5. The number of carbonyl (C=O) groups is 2. The predicted molar refractivity (Wildman–Crippen MR) is 81.3 cm³/mol. The summed E-state index contributed by atoms with van der Waals surface area (Å²) >= 11 is 0. The zero-order chi connectivity index (χ0) is 16.5. The Kier molecular flexibility index (Phi) is 3.18. The van der Waals surface area contributed by atoms with Gasteiger partial charge in [0.25, 0.3) is 0 Å². The van der Waals surface area contributed by atoms with Gasteiger partial charge < -0.3 is 14.2 Å². The van der Waals surface area contributed by atoms with Crippen molar-refractivity contribution in [3.63, 3.8) is 0 Å². The van der Waals surface area contributed by atoms with Crippen LogP contribution in [0.5, 0.6) is 0 Å². The van der Waals surface area contributed by atoms with Crippen molar-refractivity contribution in [2.24, 2.45) is 29.6 Å². The van der Waals surface area contributed by atoms with Crippen molar-refractivity contribution < 1.29 is 23.8 Å². The smallest absolute Gasteiger partial charge is 0.316 e. The minimum atomic E-state index is -0.562. The van der Waals surface area contributed by atoms with Crippen LogP contribution >= 0.6 is 0 Å². The van der Waals surface area contributed by atoms with Crippen LogP contribution in [0, 0.1) is 29.6 Å². The highest BCUT2D eigenvalue weighted by atomic mass is 16.6. The molecule has 5 nitrogen and oxygen atoms in total. The third-order valence-electron chi connectivity index (χ3n) is 5.67. The summed E-state index contributed by atoms with van der Waals surface area (Å²) in [4.78, 5) is 24.3. The molecule has 8 unspecified atom stereocenters. The number of esters is 2. The Balaban J connectivity index is 1.63. The van der Waals surface area contributed by atoms with Crippen LogP contribution in [0.3, 0.4) is 0 Å². The van der Waals surface area contributed by atoms with Crippen molar-refractivity contribution in [3.8, 4) is 0 Å². The lowest BCUT2D eigenvalue weighted by Gasteiger charge is -2.37. The van der Waals surface area contributed by atoms with Gasteiger partial charge in [-0.05, 0) is 44.9 Å². The second-order valence-corrected chi connectivity index (χ2v) is 8.30. The Bertz CT molecular complexity index is 574. The van der Waals surface area contributed by atoms with Gasteiger partial charge in [0, 0.05) is 12.8 Å². The van der Waals surface area contributed by atoms with E-state index in [9.17, 15) is 9.59 Å². The summed E-state index contributed by atoms with van der Waals surface area (Å²) in [5.74, 6) is 0.548. The summed E-state index contributed by atoms with van der Waals surface area (Å²) in [6.07, 6.45) is 4.79. The fourth-order valence-electron chi connectivity index (χ4n) is 5.17. The number of ether oxygens (including phenoxy) is 3. The highest BCUT2D eigenvalue weighted by Gasteiger charge is 2.69. The first kappa shape index (κ1) is 15.2. The highest BCUT2D eigenvalue weighted by molar-refractivity contribution is 5.76. The maximum absolute atomic E-state index is 12.7. The fourth-order valence-corrected chi connectivity index (χ4v) is 5.17. The molecule has 0 aromatic heterocycles. The monoisotopic (exact) mass is 320 g/mol. The van der Waals surface area contributed by atoms with E-state index in [-0.39, 0.29) is 24.1 Å². The zero-order valence-electron chi connectivity index (χ0n) is 14.0. The normalized spacial score (nSPS) is 46.1. The van der Waals surface area contributed by atoms with Crippen molar-refractivity contribution in [1.82, 2.24) is 0 Å². The van der Waals surface area contributed by atoms with E-state index in [1.807, 2.05) is 20.8 Å². The average molecular weight is 320 g/mol. The number of rotatable bonds is 2. The lowest BCUT2D eigenvalue weighted by atomic mass is 9.68. The van der Waals surface area contributed by atoms with E-state index in [1.54, 1.807) is 0 Å². The first-order chi connectivity index (χ1) is 10.8. The molecule has 2 aliphatic heterocycles. The molecule has 0 N–H and O–H groups in total. The van der Waals surface area contributed by atoms with Crippen molar-refractivity contribution in [2.75, 3.05) is 0 Å². The van der Waals surface area contributed by atoms with Gasteiger partial charge >= 0.3 is 11.9 Å². The molecule has 0 radical (unpaired) electrons. The van der Waals surface area contributed by atoms with Gasteiger partial charge in [-0.3, -0.25) is 9.59 Å². The molecule has 4 bridgehead atoms. The van der Waals surface area contributed by atoms with E-state index in [0.717, 1.165) is 6.42 Å². The van der Waals surface area contributed by atoms with E-state index in [4.69, 9.17) is 14.2 Å². The minimum Gasteiger partial charge on any atom is -0.460 e. The topological polar surface area (TPSA) is 61.8 Å². The number of carbonyl (C=O) groups excluding carboxylic acids is 2. The lowest BCUT2D eigenvalue weighted by molar-refractivity contribution is -0.171. The maximum Gasteiger partial charge on any atom is 0.316 e. The lowest BCUT2D eigenvalue weighted by Crippen LogP contribution is -2.50. The Morgan fingerprint density at radius 2 is 1.70 bits per heavy atom.